The van der Waals surface area contributed by atoms with Crippen LogP contribution in [0.2, 0.25) is 0 Å². The minimum Gasteiger partial charge on any atom is -0.378 e. The topological polar surface area (TPSA) is 114 Å². The number of carbonyl (C=O) groups is 2. The first-order valence-corrected chi connectivity index (χ1v) is 8.57. The summed E-state index contributed by atoms with van der Waals surface area (Å²) < 4.78 is 5.27. The van der Waals surface area contributed by atoms with Gasteiger partial charge in [-0.3, -0.25) is 19.7 Å². The Morgan fingerprint density at radius 1 is 1.44 bits per heavy atom. The number of hydrogen-bond donors (Lipinski definition) is 1. The van der Waals surface area contributed by atoms with Gasteiger partial charge in [-0.2, -0.15) is 4.99 Å². The van der Waals surface area contributed by atoms with E-state index in [4.69, 9.17) is 4.74 Å². The molecule has 1 aromatic carbocycles. The van der Waals surface area contributed by atoms with Crippen molar-refractivity contribution in [3.63, 3.8) is 0 Å². The van der Waals surface area contributed by atoms with Crippen LogP contribution in [0.4, 0.5) is 11.4 Å². The van der Waals surface area contributed by atoms with Crippen molar-refractivity contribution < 1.29 is 19.2 Å². The van der Waals surface area contributed by atoms with Gasteiger partial charge in [-0.25, -0.2) is 0 Å². The number of morpholine rings is 1. The van der Waals surface area contributed by atoms with Crippen molar-refractivity contribution in [1.82, 2.24) is 4.90 Å². The Labute approximate surface area is 147 Å². The van der Waals surface area contributed by atoms with Crippen molar-refractivity contribution in [2.75, 3.05) is 31.6 Å². The number of carbonyl (C=O) groups excluding carboxylic acids is 2. The number of aliphatic imine (C=N–C) groups is 1. The lowest BCUT2D eigenvalue weighted by Gasteiger charge is -2.27. The van der Waals surface area contributed by atoms with Crippen LogP contribution in [-0.2, 0) is 14.3 Å². The highest BCUT2D eigenvalue weighted by Gasteiger charge is 2.33. The van der Waals surface area contributed by atoms with Crippen LogP contribution < -0.4 is 5.32 Å². The molecule has 0 aromatic heterocycles. The second-order valence-corrected chi connectivity index (χ2v) is 6.67. The van der Waals surface area contributed by atoms with Crippen molar-refractivity contribution in [1.29, 1.82) is 0 Å². The fourth-order valence-electron chi connectivity index (χ4n) is 2.48. The predicted octanol–water partition coefficient (Wildman–Crippen LogP) is 1.25. The van der Waals surface area contributed by atoms with E-state index in [-0.39, 0.29) is 23.9 Å². The van der Waals surface area contributed by atoms with E-state index in [2.05, 4.69) is 10.3 Å². The normalized spacial score (nSPS) is 20.3. The van der Waals surface area contributed by atoms with Crippen molar-refractivity contribution in [3.05, 3.63) is 34.4 Å². The quantitative estimate of drug-likeness (QED) is 0.632. The summed E-state index contributed by atoms with van der Waals surface area (Å²) in [5.41, 5.74) is 0.214. The fraction of sp³-hybridized carbons (Fsp3) is 0.400. The van der Waals surface area contributed by atoms with Crippen LogP contribution >= 0.6 is 11.8 Å². The number of anilines is 1. The molecule has 0 aliphatic carbocycles. The largest absolute Gasteiger partial charge is 0.378 e. The number of non-ortho nitro benzene ring substituents is 1. The molecule has 1 fully saturated rings. The van der Waals surface area contributed by atoms with Gasteiger partial charge in [0, 0.05) is 37.3 Å². The maximum atomic E-state index is 12.1. The van der Waals surface area contributed by atoms with E-state index in [1.165, 1.54) is 30.0 Å². The fourth-order valence-corrected chi connectivity index (χ4v) is 3.59. The van der Waals surface area contributed by atoms with Crippen LogP contribution in [0, 0.1) is 10.1 Å². The Bertz CT molecular complexity index is 732. The van der Waals surface area contributed by atoms with Crippen LogP contribution in [0.5, 0.6) is 0 Å². The molecular weight excluding hydrogens is 348 g/mol. The number of hydrogen-bond acceptors (Lipinski definition) is 7. The molecule has 2 amide bonds. The molecule has 0 bridgehead atoms. The zero-order chi connectivity index (χ0) is 17.8. The van der Waals surface area contributed by atoms with Gasteiger partial charge in [-0.15, -0.1) is 0 Å². The second-order valence-electron chi connectivity index (χ2n) is 5.50. The molecule has 0 spiro atoms. The summed E-state index contributed by atoms with van der Waals surface area (Å²) in [6, 6.07) is 5.67. The molecule has 1 N–H and O–H groups in total. The Kier molecular flexibility index (Phi) is 5.29. The molecule has 2 aliphatic rings. The van der Waals surface area contributed by atoms with Crippen molar-refractivity contribution in [3.8, 4) is 0 Å². The van der Waals surface area contributed by atoms with E-state index in [1.54, 1.807) is 6.07 Å². The lowest BCUT2D eigenvalue weighted by atomic mass is 10.2. The monoisotopic (exact) mass is 364 g/mol. The Balaban J connectivity index is 1.56. The number of thioether (sulfide) groups is 1. The number of ether oxygens (including phenoxy) is 1. The summed E-state index contributed by atoms with van der Waals surface area (Å²) in [6.45, 7) is 2.52. The summed E-state index contributed by atoms with van der Waals surface area (Å²) >= 11 is 1.27. The van der Waals surface area contributed by atoms with Gasteiger partial charge < -0.3 is 15.0 Å². The summed E-state index contributed by atoms with van der Waals surface area (Å²) in [5.74, 6) is -0.717. The molecule has 2 heterocycles. The Morgan fingerprint density at radius 2 is 2.20 bits per heavy atom. The predicted molar refractivity (Wildman–Crippen MR) is 92.6 cm³/mol. The SMILES string of the molecule is O=C(C[C@H]1SC(N2CCOCC2)=NC1=O)Nc1cccc([N+](=O)[O-])c1. The van der Waals surface area contributed by atoms with Gasteiger partial charge in [0.15, 0.2) is 5.17 Å². The molecule has 3 rings (SSSR count). The molecule has 1 aromatic rings. The third kappa shape index (κ3) is 4.34. The number of amidine groups is 1. The number of rotatable bonds is 4. The van der Waals surface area contributed by atoms with Crippen LogP contribution in [0.15, 0.2) is 29.3 Å². The third-order valence-corrected chi connectivity index (χ3v) is 4.94. The van der Waals surface area contributed by atoms with Gasteiger partial charge in [0.25, 0.3) is 11.6 Å². The smallest absolute Gasteiger partial charge is 0.271 e. The minimum atomic E-state index is -0.573. The standard InChI is InChI=1S/C15H16N4O5S/c20-13(16-10-2-1-3-11(8-10)19(22)23)9-12-14(21)17-15(25-12)18-4-6-24-7-5-18/h1-3,8,12H,4-7,9H2,(H,16,20)/t12-/m1/s1. The van der Waals surface area contributed by atoms with E-state index in [9.17, 15) is 19.7 Å². The highest BCUT2D eigenvalue weighted by molar-refractivity contribution is 8.15. The van der Waals surface area contributed by atoms with Gasteiger partial charge >= 0.3 is 0 Å². The van der Waals surface area contributed by atoms with Crippen LogP contribution in [-0.4, -0.2) is 58.4 Å². The molecule has 0 saturated carbocycles. The third-order valence-electron chi connectivity index (χ3n) is 3.72. The van der Waals surface area contributed by atoms with Gasteiger partial charge in [0.1, 0.15) is 5.25 Å². The molecule has 1 atom stereocenters. The molecule has 0 unspecified atom stereocenters. The lowest BCUT2D eigenvalue weighted by Crippen LogP contribution is -2.39. The Morgan fingerprint density at radius 3 is 2.92 bits per heavy atom. The number of nitro benzene ring substituents is 1. The maximum absolute atomic E-state index is 12.1. The average molecular weight is 364 g/mol. The first-order chi connectivity index (χ1) is 12.0. The van der Waals surface area contributed by atoms with E-state index in [1.807, 2.05) is 4.90 Å². The van der Waals surface area contributed by atoms with Crippen molar-refractivity contribution in [2.45, 2.75) is 11.7 Å². The lowest BCUT2D eigenvalue weighted by molar-refractivity contribution is -0.384. The summed E-state index contributed by atoms with van der Waals surface area (Å²) in [5, 5.41) is 13.4. The Hall–Kier alpha value is -2.46. The van der Waals surface area contributed by atoms with Crippen LogP contribution in [0.1, 0.15) is 6.42 Å². The molecule has 0 radical (unpaired) electrons. The summed E-state index contributed by atoms with van der Waals surface area (Å²) in [7, 11) is 0. The van der Waals surface area contributed by atoms with Crippen LogP contribution in [0.3, 0.4) is 0 Å². The zero-order valence-electron chi connectivity index (χ0n) is 13.2. The molecule has 25 heavy (non-hydrogen) atoms. The zero-order valence-corrected chi connectivity index (χ0v) is 14.0. The highest BCUT2D eigenvalue weighted by Crippen LogP contribution is 2.28. The number of benzene rings is 1. The van der Waals surface area contributed by atoms with E-state index < -0.39 is 10.2 Å². The highest BCUT2D eigenvalue weighted by atomic mass is 32.2. The van der Waals surface area contributed by atoms with E-state index in [0.29, 0.717) is 37.2 Å². The molecule has 10 heteroatoms. The number of amides is 2. The van der Waals surface area contributed by atoms with E-state index in [0.717, 1.165) is 0 Å². The first-order valence-electron chi connectivity index (χ1n) is 7.69. The average Bonchev–Trinajstić information content (AvgIpc) is 2.96. The molecule has 9 nitrogen and oxygen atoms in total. The summed E-state index contributed by atoms with van der Waals surface area (Å²) in [4.78, 5) is 40.4. The number of nitro groups is 1. The minimum absolute atomic E-state index is 0.0382. The first kappa shape index (κ1) is 17.4. The van der Waals surface area contributed by atoms with E-state index >= 15 is 0 Å². The summed E-state index contributed by atoms with van der Waals surface area (Å²) in [6.07, 6.45) is -0.0382. The van der Waals surface area contributed by atoms with Gasteiger partial charge in [-0.05, 0) is 6.07 Å². The number of nitrogens with one attached hydrogen (secondary N) is 1. The van der Waals surface area contributed by atoms with Crippen molar-refractivity contribution >= 4 is 40.1 Å². The van der Waals surface area contributed by atoms with Gasteiger partial charge in [0.2, 0.25) is 5.91 Å². The molecule has 1 saturated heterocycles. The van der Waals surface area contributed by atoms with Gasteiger partial charge in [0.05, 0.1) is 18.1 Å². The van der Waals surface area contributed by atoms with Gasteiger partial charge in [-0.1, -0.05) is 17.8 Å². The van der Waals surface area contributed by atoms with Crippen molar-refractivity contribution in [2.24, 2.45) is 4.99 Å². The van der Waals surface area contributed by atoms with Crippen LogP contribution in [0.25, 0.3) is 0 Å². The molecule has 132 valence electrons. The number of nitrogens with zero attached hydrogens (tertiary/aromatic N) is 3. The second kappa shape index (κ2) is 7.62. The maximum Gasteiger partial charge on any atom is 0.271 e. The molecular formula is C15H16N4O5S. The molecule has 2 aliphatic heterocycles.